The molecule has 0 aromatic heterocycles. The predicted octanol–water partition coefficient (Wildman–Crippen LogP) is 1.46. The molecular formula is C4H10Cl2O. The summed E-state index contributed by atoms with van der Waals surface area (Å²) in [5.41, 5.74) is 0. The molecule has 0 fully saturated rings. The van der Waals surface area contributed by atoms with Crippen LogP contribution < -0.4 is 0 Å². The standard InChI is InChI=1S/C2H5ClO.C2H5Cl/c3-1-2-4;1-2-3/h4H,1-2H2;2H2,1H3. The lowest BCUT2D eigenvalue weighted by Crippen LogP contribution is -1.76. The van der Waals surface area contributed by atoms with Gasteiger partial charge in [-0.3, -0.25) is 0 Å². The van der Waals surface area contributed by atoms with Crippen LogP contribution in [-0.4, -0.2) is 23.5 Å². The van der Waals surface area contributed by atoms with Crippen LogP contribution in [0, 0.1) is 0 Å². The summed E-state index contributed by atoms with van der Waals surface area (Å²) in [7, 11) is 0. The van der Waals surface area contributed by atoms with Crippen LogP contribution in [0.2, 0.25) is 0 Å². The summed E-state index contributed by atoms with van der Waals surface area (Å²) in [5.74, 6) is 1.07. The maximum absolute atomic E-state index is 7.74. The second kappa shape index (κ2) is 16.0. The molecule has 0 heterocycles. The highest BCUT2D eigenvalue weighted by Gasteiger charge is 1.60. The Morgan fingerprint density at radius 3 is 1.57 bits per heavy atom. The van der Waals surface area contributed by atoms with Gasteiger partial charge in [0.15, 0.2) is 0 Å². The van der Waals surface area contributed by atoms with Gasteiger partial charge < -0.3 is 5.11 Å². The molecule has 1 nitrogen and oxygen atoms in total. The Hall–Kier alpha value is 0.540. The van der Waals surface area contributed by atoms with E-state index in [0.717, 1.165) is 5.88 Å². The number of aliphatic hydroxyl groups excluding tert-OH is 1. The van der Waals surface area contributed by atoms with Crippen LogP contribution in [-0.2, 0) is 0 Å². The minimum absolute atomic E-state index is 0.0849. The SMILES string of the molecule is CCCl.OCCCl. The van der Waals surface area contributed by atoms with Gasteiger partial charge in [0.25, 0.3) is 0 Å². The molecule has 3 heteroatoms. The summed E-state index contributed by atoms with van der Waals surface area (Å²) in [6.07, 6.45) is 0. The van der Waals surface area contributed by atoms with Crippen LogP contribution in [0.15, 0.2) is 0 Å². The summed E-state index contributed by atoms with van der Waals surface area (Å²) >= 11 is 9.93. The highest BCUT2D eigenvalue weighted by molar-refractivity contribution is 6.18. The maximum atomic E-state index is 7.74. The Balaban J connectivity index is 0. The van der Waals surface area contributed by atoms with Crippen LogP contribution in [0.1, 0.15) is 6.92 Å². The fourth-order valence-corrected chi connectivity index (χ4v) is 0. The second-order valence-electron chi connectivity index (χ2n) is 0.680. The van der Waals surface area contributed by atoms with E-state index >= 15 is 0 Å². The third kappa shape index (κ3) is 56.8. The Kier molecular flexibility index (Phi) is 24.0. The van der Waals surface area contributed by atoms with Gasteiger partial charge in [0.2, 0.25) is 0 Å². The summed E-state index contributed by atoms with van der Waals surface area (Å²) in [4.78, 5) is 0. The molecule has 0 aliphatic heterocycles. The van der Waals surface area contributed by atoms with E-state index in [4.69, 9.17) is 28.3 Å². The molecule has 0 atom stereocenters. The third-order valence-electron chi connectivity index (χ3n) is 0.0845. The highest BCUT2D eigenvalue weighted by Crippen LogP contribution is 1.63. The van der Waals surface area contributed by atoms with Gasteiger partial charge in [-0.05, 0) is 0 Å². The van der Waals surface area contributed by atoms with Crippen molar-refractivity contribution >= 4 is 23.2 Å². The quantitative estimate of drug-likeness (QED) is 0.554. The molecule has 0 aliphatic rings. The summed E-state index contributed by atoms with van der Waals surface area (Å²) in [5, 5.41) is 7.74. The molecule has 0 amide bonds. The largest absolute Gasteiger partial charge is 0.395 e. The first kappa shape index (κ1) is 10.5. The zero-order valence-corrected chi connectivity index (χ0v) is 5.84. The van der Waals surface area contributed by atoms with Crippen LogP contribution in [0.3, 0.4) is 0 Å². The first-order valence-electron chi connectivity index (χ1n) is 2.06. The van der Waals surface area contributed by atoms with Gasteiger partial charge >= 0.3 is 0 Å². The molecule has 0 bridgehead atoms. The van der Waals surface area contributed by atoms with Gasteiger partial charge in [-0.25, -0.2) is 0 Å². The first-order valence-corrected chi connectivity index (χ1v) is 3.13. The van der Waals surface area contributed by atoms with Gasteiger partial charge in [0.1, 0.15) is 0 Å². The van der Waals surface area contributed by atoms with Crippen molar-refractivity contribution in [3.05, 3.63) is 0 Å². The summed E-state index contributed by atoms with van der Waals surface area (Å²) in [6.45, 7) is 1.98. The molecule has 0 aromatic rings. The molecule has 7 heavy (non-hydrogen) atoms. The average Bonchev–Trinajstić information content (AvgIpc) is 1.69. The third-order valence-corrected chi connectivity index (χ3v) is 0.254. The van der Waals surface area contributed by atoms with E-state index < -0.39 is 0 Å². The topological polar surface area (TPSA) is 20.2 Å². The molecule has 0 saturated carbocycles. The number of halogens is 2. The van der Waals surface area contributed by atoms with Crippen molar-refractivity contribution < 1.29 is 5.11 Å². The Labute approximate surface area is 54.2 Å². The number of aliphatic hydroxyl groups is 1. The smallest absolute Gasteiger partial charge is 0.0566 e. The maximum Gasteiger partial charge on any atom is 0.0566 e. The number of rotatable bonds is 1. The first-order chi connectivity index (χ1) is 3.33. The lowest BCUT2D eigenvalue weighted by molar-refractivity contribution is 0.321. The van der Waals surface area contributed by atoms with Crippen molar-refractivity contribution in [2.24, 2.45) is 0 Å². The minimum Gasteiger partial charge on any atom is -0.395 e. The van der Waals surface area contributed by atoms with Crippen molar-refractivity contribution in [2.45, 2.75) is 6.92 Å². The van der Waals surface area contributed by atoms with Gasteiger partial charge in [0.05, 0.1) is 6.61 Å². The van der Waals surface area contributed by atoms with E-state index in [-0.39, 0.29) is 6.61 Å². The molecular weight excluding hydrogens is 135 g/mol. The molecule has 0 rings (SSSR count). The molecule has 0 radical (unpaired) electrons. The monoisotopic (exact) mass is 144 g/mol. The Bertz CT molecular complexity index is 17.2. The molecule has 0 aliphatic carbocycles. The number of hydrogen-bond donors (Lipinski definition) is 1. The zero-order valence-electron chi connectivity index (χ0n) is 4.32. The summed E-state index contributed by atoms with van der Waals surface area (Å²) < 4.78 is 0. The molecule has 46 valence electrons. The van der Waals surface area contributed by atoms with Crippen LogP contribution in [0.5, 0.6) is 0 Å². The number of hydrogen-bond acceptors (Lipinski definition) is 1. The van der Waals surface area contributed by atoms with Crippen LogP contribution >= 0.6 is 23.2 Å². The minimum atomic E-state index is 0.0849. The molecule has 0 unspecified atom stereocenters. The van der Waals surface area contributed by atoms with Crippen LogP contribution in [0.25, 0.3) is 0 Å². The van der Waals surface area contributed by atoms with Crippen molar-refractivity contribution in [1.29, 1.82) is 0 Å². The molecule has 0 spiro atoms. The van der Waals surface area contributed by atoms with Crippen molar-refractivity contribution in [1.82, 2.24) is 0 Å². The lowest BCUT2D eigenvalue weighted by Gasteiger charge is -1.67. The molecule has 0 aromatic carbocycles. The Morgan fingerprint density at radius 1 is 1.43 bits per heavy atom. The van der Waals surface area contributed by atoms with Gasteiger partial charge in [-0.1, -0.05) is 6.92 Å². The molecule has 0 saturated heterocycles. The number of alkyl halides is 2. The van der Waals surface area contributed by atoms with E-state index in [9.17, 15) is 0 Å². The van der Waals surface area contributed by atoms with Crippen molar-refractivity contribution in [3.63, 3.8) is 0 Å². The van der Waals surface area contributed by atoms with Crippen LogP contribution in [0.4, 0.5) is 0 Å². The van der Waals surface area contributed by atoms with E-state index in [1.54, 1.807) is 0 Å². The normalized spacial score (nSPS) is 6.86. The highest BCUT2D eigenvalue weighted by atomic mass is 35.5. The predicted molar refractivity (Wildman–Crippen MR) is 34.2 cm³/mol. The zero-order chi connectivity index (χ0) is 6.12. The molecule has 1 N–H and O–H groups in total. The van der Waals surface area contributed by atoms with E-state index in [2.05, 4.69) is 0 Å². The second-order valence-corrected chi connectivity index (χ2v) is 1.59. The van der Waals surface area contributed by atoms with E-state index in [1.165, 1.54) is 0 Å². The van der Waals surface area contributed by atoms with Gasteiger partial charge in [0, 0.05) is 11.8 Å². The van der Waals surface area contributed by atoms with Crippen molar-refractivity contribution in [2.75, 3.05) is 18.4 Å². The van der Waals surface area contributed by atoms with E-state index in [0.29, 0.717) is 5.88 Å². The lowest BCUT2D eigenvalue weighted by atomic mass is 10.9. The fraction of sp³-hybridized carbons (Fsp3) is 1.00. The van der Waals surface area contributed by atoms with Crippen molar-refractivity contribution in [3.8, 4) is 0 Å². The average molecular weight is 145 g/mol. The van der Waals surface area contributed by atoms with Gasteiger partial charge in [-0.15, -0.1) is 23.2 Å². The Morgan fingerprint density at radius 2 is 1.57 bits per heavy atom. The van der Waals surface area contributed by atoms with Gasteiger partial charge in [-0.2, -0.15) is 0 Å². The van der Waals surface area contributed by atoms with E-state index in [1.807, 2.05) is 6.92 Å². The summed E-state index contributed by atoms with van der Waals surface area (Å²) in [6, 6.07) is 0. The fourth-order valence-electron chi connectivity index (χ4n) is 0.